The fourth-order valence-corrected chi connectivity index (χ4v) is 3.87. The highest BCUT2D eigenvalue weighted by atomic mass is 32.2. The van der Waals surface area contributed by atoms with Crippen molar-refractivity contribution in [1.82, 2.24) is 0 Å². The molecule has 2 aromatic rings. The summed E-state index contributed by atoms with van der Waals surface area (Å²) in [5, 5.41) is 9.21. The lowest BCUT2D eigenvalue weighted by molar-refractivity contribution is 0.601. The number of sulfonamides is 1. The van der Waals surface area contributed by atoms with Gasteiger partial charge in [0.05, 0.1) is 22.2 Å². The molecule has 1 aliphatic rings. The zero-order valence-electron chi connectivity index (χ0n) is 12.9. The quantitative estimate of drug-likeness (QED) is 0.938. The number of nitriles is 1. The number of nitrogens with one attached hydrogen (secondary N) is 1. The molecule has 0 amide bonds. The lowest BCUT2D eigenvalue weighted by Gasteiger charge is -2.14. The number of hydrogen-bond donors (Lipinski definition) is 1. The van der Waals surface area contributed by atoms with E-state index in [1.807, 2.05) is 26.0 Å². The highest BCUT2D eigenvalue weighted by Crippen LogP contribution is 2.35. The third-order valence-electron chi connectivity index (χ3n) is 4.00. The topological polar surface area (TPSA) is 70.0 Å². The smallest absolute Gasteiger partial charge is 0.261 e. The third kappa shape index (κ3) is 2.73. The van der Waals surface area contributed by atoms with Gasteiger partial charge in [-0.3, -0.25) is 4.72 Å². The number of hydrogen-bond acceptors (Lipinski definition) is 3. The van der Waals surface area contributed by atoms with Gasteiger partial charge in [-0.25, -0.2) is 8.42 Å². The fourth-order valence-electron chi connectivity index (χ4n) is 2.78. The van der Waals surface area contributed by atoms with Gasteiger partial charge in [0.2, 0.25) is 0 Å². The Morgan fingerprint density at radius 3 is 2.43 bits per heavy atom. The minimum absolute atomic E-state index is 0.226. The van der Waals surface area contributed by atoms with Crippen LogP contribution in [0.2, 0.25) is 0 Å². The van der Waals surface area contributed by atoms with E-state index in [0.29, 0.717) is 17.7 Å². The lowest BCUT2D eigenvalue weighted by atomic mass is 9.99. The monoisotopic (exact) mass is 324 g/mol. The molecule has 4 nitrogen and oxygen atoms in total. The van der Waals surface area contributed by atoms with Crippen molar-refractivity contribution >= 4 is 21.3 Å². The molecule has 0 atom stereocenters. The summed E-state index contributed by atoms with van der Waals surface area (Å²) in [4.78, 5) is 0.226. The van der Waals surface area contributed by atoms with Gasteiger partial charge in [-0.2, -0.15) is 5.26 Å². The fraction of sp³-hybridized carbons (Fsp3) is 0.167. The number of allylic oxidation sites excluding steroid dienone is 2. The molecule has 0 saturated carbocycles. The molecule has 5 heteroatoms. The molecule has 0 spiro atoms. The zero-order chi connectivity index (χ0) is 16.6. The molecule has 0 bridgehead atoms. The lowest BCUT2D eigenvalue weighted by Crippen LogP contribution is -2.14. The Hall–Kier alpha value is -2.58. The molecular weight excluding hydrogens is 308 g/mol. The summed E-state index contributed by atoms with van der Waals surface area (Å²) in [6, 6.07) is 12.5. The van der Waals surface area contributed by atoms with Crippen LogP contribution >= 0.6 is 0 Å². The Kier molecular flexibility index (Phi) is 3.70. The van der Waals surface area contributed by atoms with Crippen LogP contribution in [-0.2, 0) is 16.4 Å². The Balaban J connectivity index is 2.01. The van der Waals surface area contributed by atoms with E-state index in [0.717, 1.165) is 22.3 Å². The van der Waals surface area contributed by atoms with Crippen LogP contribution in [0.3, 0.4) is 0 Å². The molecule has 1 aliphatic carbocycles. The highest BCUT2D eigenvalue weighted by molar-refractivity contribution is 7.92. The van der Waals surface area contributed by atoms with Gasteiger partial charge < -0.3 is 0 Å². The summed E-state index contributed by atoms with van der Waals surface area (Å²) in [6.45, 7) is 3.83. The summed E-state index contributed by atoms with van der Waals surface area (Å²) < 4.78 is 27.8. The number of aryl methyl sites for hydroxylation is 2. The maximum Gasteiger partial charge on any atom is 0.261 e. The van der Waals surface area contributed by atoms with Gasteiger partial charge in [0.15, 0.2) is 0 Å². The summed E-state index contributed by atoms with van der Waals surface area (Å²) >= 11 is 0. The summed E-state index contributed by atoms with van der Waals surface area (Å²) in [5.74, 6) is 0. The van der Waals surface area contributed by atoms with Gasteiger partial charge in [-0.1, -0.05) is 29.8 Å². The number of benzene rings is 2. The normalized spacial score (nSPS) is 13.2. The molecule has 116 valence electrons. The maximum atomic E-state index is 12.6. The second-order valence-corrected chi connectivity index (χ2v) is 7.32. The van der Waals surface area contributed by atoms with Crippen molar-refractivity contribution in [3.8, 4) is 6.07 Å². The van der Waals surface area contributed by atoms with Crippen LogP contribution in [0.5, 0.6) is 0 Å². The number of rotatable bonds is 3. The van der Waals surface area contributed by atoms with Crippen LogP contribution in [0.4, 0.5) is 5.69 Å². The Labute approximate surface area is 136 Å². The van der Waals surface area contributed by atoms with Crippen molar-refractivity contribution in [2.75, 3.05) is 4.72 Å². The van der Waals surface area contributed by atoms with E-state index in [9.17, 15) is 13.7 Å². The molecule has 1 N–H and O–H groups in total. The SMILES string of the molecule is Cc1ccc(S(=O)(=O)Nc2ccc(C)c3c2CC=C3C#N)cc1. The largest absolute Gasteiger partial charge is 0.279 e. The van der Waals surface area contributed by atoms with E-state index in [2.05, 4.69) is 10.8 Å². The number of anilines is 1. The first-order valence-corrected chi connectivity index (χ1v) is 8.73. The van der Waals surface area contributed by atoms with Crippen molar-refractivity contribution in [1.29, 1.82) is 5.26 Å². The van der Waals surface area contributed by atoms with Crippen molar-refractivity contribution in [2.24, 2.45) is 0 Å². The van der Waals surface area contributed by atoms with Crippen molar-refractivity contribution in [3.63, 3.8) is 0 Å². The summed E-state index contributed by atoms with van der Waals surface area (Å²) in [5.41, 5.74) is 4.82. The average molecular weight is 324 g/mol. The minimum atomic E-state index is -3.64. The Morgan fingerprint density at radius 1 is 1.09 bits per heavy atom. The maximum absolute atomic E-state index is 12.6. The van der Waals surface area contributed by atoms with E-state index in [1.165, 1.54) is 0 Å². The van der Waals surface area contributed by atoms with Crippen LogP contribution in [-0.4, -0.2) is 8.42 Å². The molecule has 0 fully saturated rings. The van der Waals surface area contributed by atoms with Crippen molar-refractivity contribution in [2.45, 2.75) is 25.2 Å². The molecule has 0 aromatic heterocycles. The van der Waals surface area contributed by atoms with E-state index in [1.54, 1.807) is 30.3 Å². The van der Waals surface area contributed by atoms with Crippen molar-refractivity contribution in [3.05, 3.63) is 64.7 Å². The van der Waals surface area contributed by atoms with Crippen LogP contribution < -0.4 is 4.72 Å². The molecule has 0 aliphatic heterocycles. The van der Waals surface area contributed by atoms with Crippen LogP contribution in [0.1, 0.15) is 22.3 Å². The molecule has 0 saturated heterocycles. The number of nitrogens with zero attached hydrogens (tertiary/aromatic N) is 1. The summed E-state index contributed by atoms with van der Waals surface area (Å²) in [6.07, 6.45) is 2.40. The summed E-state index contributed by atoms with van der Waals surface area (Å²) in [7, 11) is -3.64. The first kappa shape index (κ1) is 15.3. The minimum Gasteiger partial charge on any atom is -0.279 e. The standard InChI is InChI=1S/C18H16N2O2S/c1-12-3-7-15(8-4-12)23(21,22)20-17-10-5-13(2)18-14(11-19)6-9-16(17)18/h3-8,10,20H,9H2,1-2H3. The van der Waals surface area contributed by atoms with Crippen LogP contribution in [0.15, 0.2) is 47.4 Å². The van der Waals surface area contributed by atoms with Gasteiger partial charge in [-0.15, -0.1) is 0 Å². The first-order valence-electron chi connectivity index (χ1n) is 7.25. The van der Waals surface area contributed by atoms with Crippen molar-refractivity contribution < 1.29 is 8.42 Å². The van der Waals surface area contributed by atoms with E-state index in [-0.39, 0.29) is 4.90 Å². The first-order chi connectivity index (χ1) is 10.9. The molecule has 0 unspecified atom stereocenters. The molecule has 0 radical (unpaired) electrons. The molecule has 23 heavy (non-hydrogen) atoms. The van der Waals surface area contributed by atoms with E-state index < -0.39 is 10.0 Å². The predicted octanol–water partition coefficient (Wildman–Crippen LogP) is 3.57. The van der Waals surface area contributed by atoms with E-state index >= 15 is 0 Å². The molecule has 0 heterocycles. The molecule has 3 rings (SSSR count). The van der Waals surface area contributed by atoms with Gasteiger partial charge in [0, 0.05) is 5.56 Å². The third-order valence-corrected chi connectivity index (χ3v) is 5.38. The van der Waals surface area contributed by atoms with Gasteiger partial charge in [0.25, 0.3) is 10.0 Å². The van der Waals surface area contributed by atoms with Gasteiger partial charge >= 0.3 is 0 Å². The second kappa shape index (κ2) is 5.56. The Morgan fingerprint density at radius 2 is 1.78 bits per heavy atom. The van der Waals surface area contributed by atoms with Gasteiger partial charge in [0.1, 0.15) is 0 Å². The van der Waals surface area contributed by atoms with Crippen LogP contribution in [0, 0.1) is 25.2 Å². The second-order valence-electron chi connectivity index (χ2n) is 5.64. The average Bonchev–Trinajstić information content (AvgIpc) is 2.95. The molecule has 2 aromatic carbocycles. The van der Waals surface area contributed by atoms with Crippen LogP contribution in [0.25, 0.3) is 5.57 Å². The number of fused-ring (bicyclic) bond motifs is 1. The van der Waals surface area contributed by atoms with Gasteiger partial charge in [-0.05, 0) is 49.6 Å². The predicted molar refractivity (Wildman–Crippen MR) is 90.5 cm³/mol. The molecular formula is C18H16N2O2S. The zero-order valence-corrected chi connectivity index (χ0v) is 13.7. The Bertz CT molecular complexity index is 950. The highest BCUT2D eigenvalue weighted by Gasteiger charge is 2.22. The van der Waals surface area contributed by atoms with E-state index in [4.69, 9.17) is 0 Å².